The molecule has 0 aromatic heterocycles. The number of hydrogen-bond donors (Lipinski definition) is 2. The van der Waals surface area contributed by atoms with Crippen LogP contribution in [0.15, 0.2) is 34.2 Å². The Bertz CT molecular complexity index is 617. The third-order valence-corrected chi connectivity index (χ3v) is 6.31. The van der Waals surface area contributed by atoms with Gasteiger partial charge in [0.05, 0.1) is 25.4 Å². The fourth-order valence-electron chi connectivity index (χ4n) is 3.56. The van der Waals surface area contributed by atoms with Crippen LogP contribution in [-0.2, 0) is 4.74 Å². The van der Waals surface area contributed by atoms with Gasteiger partial charge in [-0.1, -0.05) is 19.1 Å². The molecule has 0 spiro atoms. The molecule has 7 heteroatoms. The Hall–Kier alpha value is -0.670. The Morgan fingerprint density at radius 1 is 1.37 bits per heavy atom. The van der Waals surface area contributed by atoms with Gasteiger partial charge in [-0.25, -0.2) is 0 Å². The minimum absolute atomic E-state index is 0. The fourth-order valence-corrected chi connectivity index (χ4v) is 4.59. The molecular formula is C20H32IN3O2S. The number of nitrogens with one attached hydrogen (secondary N) is 2. The number of halogens is 1. The van der Waals surface area contributed by atoms with Gasteiger partial charge < -0.3 is 20.1 Å². The maximum absolute atomic E-state index is 5.94. The van der Waals surface area contributed by atoms with Crippen molar-refractivity contribution in [2.75, 3.05) is 26.0 Å². The third kappa shape index (κ3) is 6.42. The quantitative estimate of drug-likeness (QED) is 0.243. The van der Waals surface area contributed by atoms with Crippen LogP contribution >= 0.6 is 35.7 Å². The number of ether oxygens (including phenoxy) is 2. The predicted octanol–water partition coefficient (Wildman–Crippen LogP) is 3.92. The minimum atomic E-state index is 0. The van der Waals surface area contributed by atoms with E-state index in [2.05, 4.69) is 36.6 Å². The zero-order chi connectivity index (χ0) is 18.4. The second kappa shape index (κ2) is 11.4. The van der Waals surface area contributed by atoms with Gasteiger partial charge in [-0.15, -0.1) is 35.7 Å². The Morgan fingerprint density at radius 2 is 2.19 bits per heavy atom. The summed E-state index contributed by atoms with van der Waals surface area (Å²) in [5, 5.41) is 6.96. The molecule has 0 aliphatic carbocycles. The van der Waals surface area contributed by atoms with E-state index in [1.807, 2.05) is 23.9 Å². The van der Waals surface area contributed by atoms with Crippen LogP contribution in [0, 0.1) is 5.92 Å². The molecule has 1 aromatic rings. The van der Waals surface area contributed by atoms with Gasteiger partial charge in [0.2, 0.25) is 0 Å². The number of hydrogen-bond acceptors (Lipinski definition) is 4. The monoisotopic (exact) mass is 505 g/mol. The van der Waals surface area contributed by atoms with Gasteiger partial charge in [0, 0.05) is 23.7 Å². The smallest absolute Gasteiger partial charge is 0.191 e. The normalized spacial score (nSPS) is 25.0. The maximum atomic E-state index is 5.94. The highest BCUT2D eigenvalue weighted by Crippen LogP contribution is 2.34. The zero-order valence-electron chi connectivity index (χ0n) is 16.4. The second-order valence-corrected chi connectivity index (χ2v) is 8.21. The van der Waals surface area contributed by atoms with Crippen LogP contribution in [0.1, 0.15) is 33.1 Å². The summed E-state index contributed by atoms with van der Waals surface area (Å²) in [4.78, 5) is 6.00. The number of thioether (sulfide) groups is 1. The largest absolute Gasteiger partial charge is 0.496 e. The van der Waals surface area contributed by atoms with Crippen LogP contribution in [0.2, 0.25) is 0 Å². The molecule has 27 heavy (non-hydrogen) atoms. The van der Waals surface area contributed by atoms with Crippen molar-refractivity contribution in [2.45, 2.75) is 56.3 Å². The molecule has 2 N–H and O–H groups in total. The van der Waals surface area contributed by atoms with Gasteiger partial charge in [0.15, 0.2) is 5.96 Å². The summed E-state index contributed by atoms with van der Waals surface area (Å²) in [7, 11) is 1.72. The fraction of sp³-hybridized carbons (Fsp3) is 0.650. The number of fused-ring (bicyclic) bond motifs is 2. The molecule has 2 aliphatic heterocycles. The lowest BCUT2D eigenvalue weighted by Gasteiger charge is -2.23. The lowest BCUT2D eigenvalue weighted by molar-refractivity contribution is 0.0992. The molecule has 0 saturated carbocycles. The minimum Gasteiger partial charge on any atom is -0.496 e. The van der Waals surface area contributed by atoms with Gasteiger partial charge in [0.1, 0.15) is 5.75 Å². The van der Waals surface area contributed by atoms with Crippen molar-refractivity contribution in [1.82, 2.24) is 10.6 Å². The Morgan fingerprint density at radius 3 is 2.85 bits per heavy atom. The van der Waals surface area contributed by atoms with Crippen molar-refractivity contribution in [2.24, 2.45) is 10.9 Å². The van der Waals surface area contributed by atoms with Gasteiger partial charge in [-0.05, 0) is 44.2 Å². The summed E-state index contributed by atoms with van der Waals surface area (Å²) in [6, 6.07) is 8.59. The van der Waals surface area contributed by atoms with Crippen LogP contribution < -0.4 is 15.4 Å². The number of para-hydroxylation sites is 1. The van der Waals surface area contributed by atoms with Gasteiger partial charge in [0.25, 0.3) is 0 Å². The van der Waals surface area contributed by atoms with E-state index in [4.69, 9.17) is 14.5 Å². The number of guanidine groups is 1. The lowest BCUT2D eigenvalue weighted by Crippen LogP contribution is -2.47. The van der Waals surface area contributed by atoms with Crippen LogP contribution in [-0.4, -0.2) is 50.2 Å². The average Bonchev–Trinajstić information content (AvgIpc) is 3.28. The van der Waals surface area contributed by atoms with Gasteiger partial charge in [-0.2, -0.15) is 0 Å². The SMILES string of the molecule is CCNC(=NCC(C)CSc1ccccc1OC)NC1CC2CCC1O2.I. The predicted molar refractivity (Wildman–Crippen MR) is 124 cm³/mol. The summed E-state index contributed by atoms with van der Waals surface area (Å²) in [5.74, 6) is 3.36. The Kier molecular flexibility index (Phi) is 9.52. The van der Waals surface area contributed by atoms with Crippen molar-refractivity contribution in [3.05, 3.63) is 24.3 Å². The Balaban J connectivity index is 0.00000261. The van der Waals surface area contributed by atoms with Gasteiger partial charge >= 0.3 is 0 Å². The van der Waals surface area contributed by atoms with E-state index in [-0.39, 0.29) is 24.0 Å². The van der Waals surface area contributed by atoms with Crippen LogP contribution in [0.3, 0.4) is 0 Å². The van der Waals surface area contributed by atoms with Crippen molar-refractivity contribution >= 4 is 41.7 Å². The van der Waals surface area contributed by atoms with Crippen molar-refractivity contribution in [3.63, 3.8) is 0 Å². The topological polar surface area (TPSA) is 54.9 Å². The molecule has 4 atom stereocenters. The first kappa shape index (κ1) is 22.6. The second-order valence-electron chi connectivity index (χ2n) is 7.15. The van der Waals surface area contributed by atoms with Crippen molar-refractivity contribution in [1.29, 1.82) is 0 Å². The maximum Gasteiger partial charge on any atom is 0.191 e. The van der Waals surface area contributed by atoms with E-state index in [0.29, 0.717) is 24.2 Å². The van der Waals surface area contributed by atoms with E-state index in [9.17, 15) is 0 Å². The highest BCUT2D eigenvalue weighted by Gasteiger charge is 2.41. The number of aliphatic imine (C=N–C) groups is 1. The molecule has 0 amide bonds. The van der Waals surface area contributed by atoms with Crippen molar-refractivity contribution in [3.8, 4) is 5.75 Å². The molecule has 2 saturated heterocycles. The molecule has 0 radical (unpaired) electrons. The molecule has 5 nitrogen and oxygen atoms in total. The Labute approximate surface area is 184 Å². The molecule has 2 heterocycles. The van der Waals surface area contributed by atoms with Gasteiger partial charge in [-0.3, -0.25) is 4.99 Å². The first-order valence-corrected chi connectivity index (χ1v) is 10.6. The molecular weight excluding hydrogens is 473 g/mol. The zero-order valence-corrected chi connectivity index (χ0v) is 19.6. The molecule has 152 valence electrons. The number of rotatable bonds is 8. The van der Waals surface area contributed by atoms with Crippen LogP contribution in [0.4, 0.5) is 0 Å². The van der Waals surface area contributed by atoms with E-state index < -0.39 is 0 Å². The molecule has 2 fully saturated rings. The first-order valence-electron chi connectivity index (χ1n) is 9.65. The summed E-state index contributed by atoms with van der Waals surface area (Å²) in [6.45, 7) is 6.03. The van der Waals surface area contributed by atoms with Crippen LogP contribution in [0.25, 0.3) is 0 Å². The molecule has 2 bridgehead atoms. The summed E-state index contributed by atoms with van der Waals surface area (Å²) >= 11 is 1.83. The van der Waals surface area contributed by atoms with E-state index in [1.165, 1.54) is 17.7 Å². The van der Waals surface area contributed by atoms with Crippen molar-refractivity contribution < 1.29 is 9.47 Å². The van der Waals surface area contributed by atoms with E-state index in [1.54, 1.807) is 7.11 Å². The third-order valence-electron chi connectivity index (χ3n) is 4.93. The number of benzene rings is 1. The number of methoxy groups -OCH3 is 1. The number of nitrogens with zero attached hydrogens (tertiary/aromatic N) is 1. The molecule has 2 aliphatic rings. The molecule has 3 rings (SSSR count). The standard InChI is InChI=1S/C20H31N3O2S.HI/c1-4-21-20(23-16-11-15-9-10-17(16)25-15)22-12-14(2)13-26-19-8-6-5-7-18(19)24-3;/h5-8,14-17H,4,9-13H2,1-3H3,(H2,21,22,23);1H. The van der Waals surface area contributed by atoms with E-state index in [0.717, 1.165) is 37.0 Å². The lowest BCUT2D eigenvalue weighted by atomic mass is 9.96. The summed E-state index contributed by atoms with van der Waals surface area (Å²) < 4.78 is 11.4. The first-order chi connectivity index (χ1) is 12.7. The molecule has 4 unspecified atom stereocenters. The highest BCUT2D eigenvalue weighted by molar-refractivity contribution is 14.0. The summed E-state index contributed by atoms with van der Waals surface area (Å²) in [6.07, 6.45) is 4.31. The van der Waals surface area contributed by atoms with E-state index >= 15 is 0 Å². The highest BCUT2D eigenvalue weighted by atomic mass is 127. The molecule has 1 aromatic carbocycles. The van der Waals surface area contributed by atoms with Crippen LogP contribution in [0.5, 0.6) is 5.75 Å². The average molecular weight is 505 g/mol. The summed E-state index contributed by atoms with van der Waals surface area (Å²) in [5.41, 5.74) is 0.